The summed E-state index contributed by atoms with van der Waals surface area (Å²) < 4.78 is 5.95. The summed E-state index contributed by atoms with van der Waals surface area (Å²) in [5.74, 6) is 1.66. The van der Waals surface area contributed by atoms with E-state index in [9.17, 15) is 4.79 Å². The number of oxazole rings is 1. The molecule has 2 aromatic heterocycles. The van der Waals surface area contributed by atoms with Crippen molar-refractivity contribution in [3.8, 4) is 0 Å². The van der Waals surface area contributed by atoms with E-state index in [1.165, 1.54) is 0 Å². The lowest BCUT2D eigenvalue weighted by Gasteiger charge is -2.32. The standard InChI is InChI=1S/C19H20N4O2/c1-20-18(24)15-8-4-10-17(21-15)23-11-5-6-13(12-23)19-22-14-7-2-3-9-16(14)25-19/h2-4,7-10,13H,5-6,11-12H2,1H3,(H,20,24)/t13-/m0/s1. The molecule has 0 saturated carbocycles. The molecule has 0 spiro atoms. The molecule has 4 rings (SSSR count). The van der Waals surface area contributed by atoms with Gasteiger partial charge in [0, 0.05) is 20.1 Å². The summed E-state index contributed by atoms with van der Waals surface area (Å²) in [7, 11) is 1.61. The molecule has 128 valence electrons. The molecule has 1 N–H and O–H groups in total. The number of anilines is 1. The quantitative estimate of drug-likeness (QED) is 0.796. The van der Waals surface area contributed by atoms with Gasteiger partial charge in [-0.2, -0.15) is 0 Å². The van der Waals surface area contributed by atoms with E-state index >= 15 is 0 Å². The Bertz CT molecular complexity index is 872. The first-order chi connectivity index (χ1) is 12.2. The van der Waals surface area contributed by atoms with Gasteiger partial charge in [-0.1, -0.05) is 18.2 Å². The molecule has 3 aromatic rings. The molecule has 6 nitrogen and oxygen atoms in total. The summed E-state index contributed by atoms with van der Waals surface area (Å²) in [5, 5.41) is 2.62. The molecule has 1 atom stereocenters. The van der Waals surface area contributed by atoms with Crippen molar-refractivity contribution in [1.82, 2.24) is 15.3 Å². The van der Waals surface area contributed by atoms with Crippen LogP contribution in [0.25, 0.3) is 11.1 Å². The van der Waals surface area contributed by atoms with Crippen LogP contribution in [-0.2, 0) is 0 Å². The molecule has 1 aliphatic rings. The fourth-order valence-electron chi connectivity index (χ4n) is 3.31. The number of carbonyl (C=O) groups is 1. The number of hydrogen-bond acceptors (Lipinski definition) is 5. The third kappa shape index (κ3) is 3.07. The lowest BCUT2D eigenvalue weighted by atomic mass is 9.98. The minimum Gasteiger partial charge on any atom is -0.440 e. The Balaban J connectivity index is 1.57. The third-order valence-corrected chi connectivity index (χ3v) is 4.60. The number of benzene rings is 1. The van der Waals surface area contributed by atoms with Crippen molar-refractivity contribution in [2.75, 3.05) is 25.0 Å². The number of rotatable bonds is 3. The fraction of sp³-hybridized carbons (Fsp3) is 0.316. The van der Waals surface area contributed by atoms with Crippen molar-refractivity contribution in [3.05, 3.63) is 54.0 Å². The van der Waals surface area contributed by atoms with Gasteiger partial charge >= 0.3 is 0 Å². The van der Waals surface area contributed by atoms with Gasteiger partial charge in [0.25, 0.3) is 5.91 Å². The van der Waals surface area contributed by atoms with Crippen molar-refractivity contribution in [2.24, 2.45) is 0 Å². The summed E-state index contributed by atoms with van der Waals surface area (Å²) in [6.45, 7) is 1.71. The predicted molar refractivity (Wildman–Crippen MR) is 95.8 cm³/mol. The van der Waals surface area contributed by atoms with E-state index in [1.54, 1.807) is 13.1 Å². The SMILES string of the molecule is CNC(=O)c1cccc(N2CCC[C@H](c3nc4ccccc4o3)C2)n1. The van der Waals surface area contributed by atoms with Crippen LogP contribution in [0, 0.1) is 0 Å². The van der Waals surface area contributed by atoms with Gasteiger partial charge in [0.15, 0.2) is 11.5 Å². The highest BCUT2D eigenvalue weighted by Gasteiger charge is 2.26. The maximum atomic E-state index is 11.8. The van der Waals surface area contributed by atoms with E-state index in [0.717, 1.165) is 48.7 Å². The first kappa shape index (κ1) is 15.6. The molecule has 0 unspecified atom stereocenters. The van der Waals surface area contributed by atoms with Crippen molar-refractivity contribution in [2.45, 2.75) is 18.8 Å². The van der Waals surface area contributed by atoms with Crippen LogP contribution < -0.4 is 10.2 Å². The zero-order chi connectivity index (χ0) is 17.2. The van der Waals surface area contributed by atoms with Crippen LogP contribution in [0.2, 0.25) is 0 Å². The number of nitrogens with one attached hydrogen (secondary N) is 1. The van der Waals surface area contributed by atoms with Crippen LogP contribution in [0.4, 0.5) is 5.82 Å². The molecule has 1 amide bonds. The highest BCUT2D eigenvalue weighted by Crippen LogP contribution is 2.30. The van der Waals surface area contributed by atoms with Gasteiger partial charge in [-0.25, -0.2) is 9.97 Å². The highest BCUT2D eigenvalue weighted by atomic mass is 16.3. The number of pyridine rings is 1. The molecule has 1 saturated heterocycles. The van der Waals surface area contributed by atoms with Gasteiger partial charge in [-0.05, 0) is 37.1 Å². The van der Waals surface area contributed by atoms with Crippen LogP contribution in [0.15, 0.2) is 46.9 Å². The Morgan fingerprint density at radius 3 is 2.92 bits per heavy atom. The number of fused-ring (bicyclic) bond motifs is 1. The predicted octanol–water partition coefficient (Wildman–Crippen LogP) is 2.97. The lowest BCUT2D eigenvalue weighted by Crippen LogP contribution is -2.35. The Kier molecular flexibility index (Phi) is 4.09. The maximum absolute atomic E-state index is 11.8. The van der Waals surface area contributed by atoms with Gasteiger partial charge in [-0.15, -0.1) is 0 Å². The normalized spacial score (nSPS) is 17.6. The van der Waals surface area contributed by atoms with Crippen molar-refractivity contribution in [1.29, 1.82) is 0 Å². The number of hydrogen-bond donors (Lipinski definition) is 1. The van der Waals surface area contributed by atoms with E-state index in [4.69, 9.17) is 4.42 Å². The van der Waals surface area contributed by atoms with Crippen LogP contribution in [0.3, 0.4) is 0 Å². The zero-order valence-electron chi connectivity index (χ0n) is 14.1. The zero-order valence-corrected chi connectivity index (χ0v) is 14.1. The molecular weight excluding hydrogens is 316 g/mol. The number of carbonyl (C=O) groups excluding carboxylic acids is 1. The van der Waals surface area contributed by atoms with Gasteiger partial charge in [0.1, 0.15) is 17.0 Å². The number of amides is 1. The summed E-state index contributed by atoms with van der Waals surface area (Å²) in [6, 6.07) is 13.4. The molecule has 0 bridgehead atoms. The van der Waals surface area contributed by atoms with Gasteiger partial charge in [0.2, 0.25) is 0 Å². The second-order valence-corrected chi connectivity index (χ2v) is 6.27. The van der Waals surface area contributed by atoms with Gasteiger partial charge in [-0.3, -0.25) is 4.79 Å². The lowest BCUT2D eigenvalue weighted by molar-refractivity contribution is 0.0958. The average molecular weight is 336 g/mol. The van der Waals surface area contributed by atoms with Crippen LogP contribution >= 0.6 is 0 Å². The number of aromatic nitrogens is 2. The average Bonchev–Trinajstić information content (AvgIpc) is 3.12. The molecule has 0 radical (unpaired) electrons. The largest absolute Gasteiger partial charge is 0.440 e. The van der Waals surface area contributed by atoms with E-state index in [2.05, 4.69) is 20.2 Å². The number of piperidine rings is 1. The topological polar surface area (TPSA) is 71.3 Å². The van der Waals surface area contributed by atoms with Crippen LogP contribution in [0.5, 0.6) is 0 Å². The third-order valence-electron chi connectivity index (χ3n) is 4.60. The Morgan fingerprint density at radius 2 is 2.08 bits per heavy atom. The van der Waals surface area contributed by atoms with Crippen LogP contribution in [0.1, 0.15) is 35.1 Å². The van der Waals surface area contributed by atoms with E-state index in [0.29, 0.717) is 5.69 Å². The fourth-order valence-corrected chi connectivity index (χ4v) is 3.31. The monoisotopic (exact) mass is 336 g/mol. The van der Waals surface area contributed by atoms with Gasteiger partial charge < -0.3 is 14.6 Å². The Hall–Kier alpha value is -2.89. The first-order valence-electron chi connectivity index (χ1n) is 8.54. The minimum atomic E-state index is -0.172. The molecule has 1 aliphatic heterocycles. The first-order valence-corrected chi connectivity index (χ1v) is 8.54. The Labute approximate surface area is 145 Å². The van der Waals surface area contributed by atoms with Crippen molar-refractivity contribution in [3.63, 3.8) is 0 Å². The van der Waals surface area contributed by atoms with Crippen molar-refractivity contribution < 1.29 is 9.21 Å². The molecule has 0 aliphatic carbocycles. The second kappa shape index (κ2) is 6.55. The molecule has 1 fully saturated rings. The number of nitrogens with zero attached hydrogens (tertiary/aromatic N) is 3. The summed E-state index contributed by atoms with van der Waals surface area (Å²) >= 11 is 0. The van der Waals surface area contributed by atoms with E-state index in [-0.39, 0.29) is 11.8 Å². The maximum Gasteiger partial charge on any atom is 0.269 e. The smallest absolute Gasteiger partial charge is 0.269 e. The molecule has 25 heavy (non-hydrogen) atoms. The summed E-state index contributed by atoms with van der Waals surface area (Å²) in [6.07, 6.45) is 2.08. The van der Waals surface area contributed by atoms with Crippen LogP contribution in [-0.4, -0.2) is 36.0 Å². The van der Waals surface area contributed by atoms with E-state index in [1.807, 2.05) is 36.4 Å². The molecule has 1 aromatic carbocycles. The van der Waals surface area contributed by atoms with Gasteiger partial charge in [0.05, 0.1) is 5.92 Å². The van der Waals surface area contributed by atoms with E-state index < -0.39 is 0 Å². The second-order valence-electron chi connectivity index (χ2n) is 6.27. The Morgan fingerprint density at radius 1 is 1.20 bits per heavy atom. The highest BCUT2D eigenvalue weighted by molar-refractivity contribution is 5.92. The summed E-state index contributed by atoms with van der Waals surface area (Å²) in [4.78, 5) is 23.2. The molecule has 3 heterocycles. The number of para-hydroxylation sites is 2. The van der Waals surface area contributed by atoms with Crippen molar-refractivity contribution >= 4 is 22.8 Å². The minimum absolute atomic E-state index is 0.172. The molecular formula is C19H20N4O2. The molecule has 6 heteroatoms. The summed E-state index contributed by atoms with van der Waals surface area (Å²) in [5.41, 5.74) is 2.16.